The van der Waals surface area contributed by atoms with Gasteiger partial charge in [-0.2, -0.15) is 17.2 Å². The maximum absolute atomic E-state index is 4.64. The van der Waals surface area contributed by atoms with Gasteiger partial charge in [0.1, 0.15) is 0 Å². The van der Waals surface area contributed by atoms with Crippen LogP contribution in [0.25, 0.3) is 16.5 Å². The number of alkyl halides is 1. The molecule has 0 aliphatic carbocycles. The van der Waals surface area contributed by atoms with Crippen LogP contribution in [0.2, 0.25) is 0 Å². The van der Waals surface area contributed by atoms with Crippen LogP contribution in [0.5, 0.6) is 0 Å². The molecule has 0 N–H and O–H groups in total. The second-order valence-electron chi connectivity index (χ2n) is 6.26. The first kappa shape index (κ1) is 22.7. The molecular formula is C23H26ClNZr. The normalized spacial score (nSPS) is 9.62. The summed E-state index contributed by atoms with van der Waals surface area (Å²) in [6, 6.07) is 21.5. The van der Waals surface area contributed by atoms with Crippen molar-refractivity contribution >= 4 is 22.4 Å². The minimum absolute atomic E-state index is 0. The predicted molar refractivity (Wildman–Crippen MR) is 112 cm³/mol. The standard InChI is InChI=1S/C15H14N.C7H9.CH3Cl.Zr/c1-11-7-12(2)16(10-11)15-8-13-5-3-4-6-14(13)9-15;1-6-4-3-5-7(6)2;1-2;/h3-10H,1-2H3;3-5H,1-2H3;1H3;/q2*-1;;+2. The van der Waals surface area contributed by atoms with Gasteiger partial charge in [-0.15, -0.1) is 52.7 Å². The first-order valence-electron chi connectivity index (χ1n) is 8.43. The van der Waals surface area contributed by atoms with Gasteiger partial charge in [0, 0.05) is 18.3 Å². The number of aryl methyl sites for hydroxylation is 4. The second-order valence-corrected chi connectivity index (χ2v) is 6.26. The van der Waals surface area contributed by atoms with Crippen LogP contribution in [0.1, 0.15) is 22.4 Å². The molecule has 0 saturated carbocycles. The zero-order valence-electron chi connectivity index (χ0n) is 16.2. The van der Waals surface area contributed by atoms with E-state index in [9.17, 15) is 0 Å². The van der Waals surface area contributed by atoms with E-state index in [1.807, 2.05) is 0 Å². The van der Waals surface area contributed by atoms with Gasteiger partial charge >= 0.3 is 26.2 Å². The minimum atomic E-state index is 0. The largest absolute Gasteiger partial charge is 2.00 e. The molecule has 1 heterocycles. The molecule has 0 unspecified atom stereocenters. The van der Waals surface area contributed by atoms with Crippen LogP contribution in [0.3, 0.4) is 0 Å². The molecule has 0 atom stereocenters. The molecule has 0 amide bonds. The first-order valence-corrected chi connectivity index (χ1v) is 9.18. The van der Waals surface area contributed by atoms with Gasteiger partial charge in [-0.3, -0.25) is 0 Å². The average Bonchev–Trinajstić information content (AvgIpc) is 3.29. The topological polar surface area (TPSA) is 4.93 Å². The van der Waals surface area contributed by atoms with Crippen LogP contribution in [-0.4, -0.2) is 11.0 Å². The number of benzene rings is 1. The first-order chi connectivity index (χ1) is 12.0. The van der Waals surface area contributed by atoms with Crippen molar-refractivity contribution in [1.29, 1.82) is 0 Å². The van der Waals surface area contributed by atoms with Gasteiger partial charge < -0.3 is 4.57 Å². The molecule has 134 valence electrons. The number of hydrogen-bond donors (Lipinski definition) is 0. The van der Waals surface area contributed by atoms with Crippen molar-refractivity contribution in [2.24, 2.45) is 0 Å². The van der Waals surface area contributed by atoms with E-state index in [1.54, 1.807) is 0 Å². The van der Waals surface area contributed by atoms with Gasteiger partial charge in [0.15, 0.2) is 0 Å². The summed E-state index contributed by atoms with van der Waals surface area (Å²) in [5, 5.41) is 2.62. The number of nitrogens with zero attached hydrogens (tertiary/aromatic N) is 1. The van der Waals surface area contributed by atoms with E-state index in [4.69, 9.17) is 0 Å². The third kappa shape index (κ3) is 5.56. The molecule has 0 radical (unpaired) electrons. The van der Waals surface area contributed by atoms with E-state index in [-0.39, 0.29) is 26.2 Å². The molecule has 3 heteroatoms. The monoisotopic (exact) mass is 441 g/mol. The second kappa shape index (κ2) is 10.7. The summed E-state index contributed by atoms with van der Waals surface area (Å²) in [5.41, 5.74) is 6.63. The minimum Gasteiger partial charge on any atom is -0.339 e. The summed E-state index contributed by atoms with van der Waals surface area (Å²) >= 11 is 4.64. The third-order valence-corrected chi connectivity index (χ3v) is 4.34. The molecule has 0 bridgehead atoms. The van der Waals surface area contributed by atoms with Crippen molar-refractivity contribution in [2.45, 2.75) is 27.7 Å². The van der Waals surface area contributed by atoms with Crippen LogP contribution in [-0.2, 0) is 26.2 Å². The molecule has 4 aromatic rings. The molecule has 0 aliphatic rings. The van der Waals surface area contributed by atoms with Gasteiger partial charge in [-0.1, -0.05) is 19.9 Å². The number of halogens is 1. The van der Waals surface area contributed by atoms with Crippen LogP contribution in [0.15, 0.2) is 66.9 Å². The molecule has 0 saturated heterocycles. The Bertz CT molecular complexity index is 877. The van der Waals surface area contributed by atoms with E-state index >= 15 is 0 Å². The number of hydrogen-bond acceptors (Lipinski definition) is 0. The maximum atomic E-state index is 4.64. The maximum Gasteiger partial charge on any atom is 2.00 e. The SMILES string of the molecule is CCl.Cc1cc(C)n(-c2cc3ccccc3[cH-]2)c1.Cc1ccc[c-]1C.[Zr+2]. The molecular weight excluding hydrogens is 417 g/mol. The molecule has 4 rings (SSSR count). The molecule has 0 fully saturated rings. The number of rotatable bonds is 1. The van der Waals surface area contributed by atoms with Crippen molar-refractivity contribution in [2.75, 3.05) is 6.38 Å². The average molecular weight is 443 g/mol. The summed E-state index contributed by atoms with van der Waals surface area (Å²) in [6.45, 7) is 8.52. The number of fused-ring (bicyclic) bond motifs is 1. The molecule has 1 nitrogen and oxygen atoms in total. The quantitative estimate of drug-likeness (QED) is 0.224. The van der Waals surface area contributed by atoms with Gasteiger partial charge in [0.05, 0.1) is 0 Å². The fourth-order valence-corrected chi connectivity index (χ4v) is 2.89. The smallest absolute Gasteiger partial charge is 0.339 e. The molecule has 0 aliphatic heterocycles. The van der Waals surface area contributed by atoms with Crippen LogP contribution < -0.4 is 0 Å². The van der Waals surface area contributed by atoms with Crippen molar-refractivity contribution in [3.8, 4) is 5.69 Å². The van der Waals surface area contributed by atoms with E-state index in [0.717, 1.165) is 0 Å². The Balaban J connectivity index is 0.000000287. The summed E-state index contributed by atoms with van der Waals surface area (Å²) in [5.74, 6) is 0. The van der Waals surface area contributed by atoms with Gasteiger partial charge in [-0.25, -0.2) is 12.1 Å². The van der Waals surface area contributed by atoms with E-state index in [0.29, 0.717) is 0 Å². The summed E-state index contributed by atoms with van der Waals surface area (Å²) in [7, 11) is 0. The van der Waals surface area contributed by atoms with E-state index < -0.39 is 0 Å². The summed E-state index contributed by atoms with van der Waals surface area (Å²) in [4.78, 5) is 0. The molecule has 1 aromatic heterocycles. The Hall–Kier alpha value is -1.37. The Morgan fingerprint density at radius 1 is 0.962 bits per heavy atom. The molecule has 0 spiro atoms. The van der Waals surface area contributed by atoms with Crippen molar-refractivity contribution in [1.82, 2.24) is 4.57 Å². The van der Waals surface area contributed by atoms with Crippen LogP contribution >= 0.6 is 11.6 Å². The zero-order chi connectivity index (χ0) is 18.4. The number of aromatic nitrogens is 1. The Morgan fingerprint density at radius 2 is 1.65 bits per heavy atom. The van der Waals surface area contributed by atoms with Crippen LogP contribution in [0.4, 0.5) is 0 Å². The zero-order valence-corrected chi connectivity index (χ0v) is 19.4. The molecule has 26 heavy (non-hydrogen) atoms. The Kier molecular flexibility index (Phi) is 9.33. The van der Waals surface area contributed by atoms with Gasteiger partial charge in [-0.05, 0) is 31.2 Å². The van der Waals surface area contributed by atoms with E-state index in [2.05, 4.69) is 111 Å². The van der Waals surface area contributed by atoms with Crippen molar-refractivity contribution in [3.05, 3.63) is 89.2 Å². The van der Waals surface area contributed by atoms with Gasteiger partial charge in [0.2, 0.25) is 0 Å². The molecule has 3 aromatic carbocycles. The van der Waals surface area contributed by atoms with Gasteiger partial charge in [0.25, 0.3) is 0 Å². The van der Waals surface area contributed by atoms with E-state index in [1.165, 1.54) is 45.2 Å². The fraction of sp³-hybridized carbons (Fsp3) is 0.217. The Morgan fingerprint density at radius 3 is 2.12 bits per heavy atom. The predicted octanol–water partition coefficient (Wildman–Crippen LogP) is 6.84. The van der Waals surface area contributed by atoms with Crippen molar-refractivity contribution < 1.29 is 26.2 Å². The summed E-state index contributed by atoms with van der Waals surface area (Å²) < 4.78 is 2.25. The fourth-order valence-electron chi connectivity index (χ4n) is 2.89. The third-order valence-electron chi connectivity index (χ3n) is 4.34. The Labute approximate surface area is 181 Å². The summed E-state index contributed by atoms with van der Waals surface area (Å²) in [6.07, 6.45) is 3.66. The van der Waals surface area contributed by atoms with Crippen molar-refractivity contribution in [3.63, 3.8) is 0 Å². The van der Waals surface area contributed by atoms with Crippen LogP contribution in [0, 0.1) is 27.7 Å².